The molecular formula is C29H35N7O2. The van der Waals surface area contributed by atoms with Gasteiger partial charge < -0.3 is 14.4 Å². The maximum absolute atomic E-state index is 11.3. The van der Waals surface area contributed by atoms with Crippen LogP contribution in [-0.4, -0.2) is 52.6 Å². The molecule has 1 unspecified atom stereocenters. The highest BCUT2D eigenvalue weighted by Crippen LogP contribution is 2.43. The molecule has 1 aromatic carbocycles. The highest BCUT2D eigenvalue weighted by Gasteiger charge is 2.35. The Hall–Kier alpha value is -3.56. The standard InChI is InChI=1S/C29H35N7O2/c1-17-7-9-19(10-8-17)25(20-11-13-38-14-12-20)36-22-15-21(24-18(2)31-33-35(24)6)16-30-23(22)26-27(36)28(29(3,4)37)32-34(26)5/h7-10,15-16,20,25,37H,11-14H2,1-6H3. The summed E-state index contributed by atoms with van der Waals surface area (Å²) in [7, 11) is 3.84. The first-order valence-electron chi connectivity index (χ1n) is 13.3. The Balaban J connectivity index is 1.73. The Morgan fingerprint density at radius 3 is 2.37 bits per heavy atom. The van der Waals surface area contributed by atoms with E-state index in [0.29, 0.717) is 11.6 Å². The van der Waals surface area contributed by atoms with Gasteiger partial charge in [0.2, 0.25) is 0 Å². The van der Waals surface area contributed by atoms with E-state index in [1.165, 1.54) is 11.1 Å². The van der Waals surface area contributed by atoms with E-state index in [1.54, 1.807) is 18.5 Å². The Morgan fingerprint density at radius 1 is 1.03 bits per heavy atom. The van der Waals surface area contributed by atoms with E-state index < -0.39 is 5.60 Å². The van der Waals surface area contributed by atoms with E-state index >= 15 is 0 Å². The van der Waals surface area contributed by atoms with Crippen molar-refractivity contribution in [1.29, 1.82) is 0 Å². The second kappa shape index (κ2) is 9.03. The summed E-state index contributed by atoms with van der Waals surface area (Å²) in [4.78, 5) is 5.00. The molecule has 0 spiro atoms. The SMILES string of the molecule is Cc1ccc(C(C2CCOCC2)n2c3cc(-c4c(C)nnn4C)cnc3c3c2c(C(C)(C)O)nn3C)cc1. The molecule has 9 nitrogen and oxygen atoms in total. The quantitative estimate of drug-likeness (QED) is 0.370. The molecule has 0 aliphatic carbocycles. The fourth-order valence-electron chi connectivity index (χ4n) is 6.06. The fourth-order valence-corrected chi connectivity index (χ4v) is 6.06. The van der Waals surface area contributed by atoms with Crippen LogP contribution < -0.4 is 0 Å². The summed E-state index contributed by atoms with van der Waals surface area (Å²) in [6.07, 6.45) is 3.80. The molecule has 1 saturated heterocycles. The first-order chi connectivity index (χ1) is 18.1. The predicted octanol–water partition coefficient (Wildman–Crippen LogP) is 4.58. The van der Waals surface area contributed by atoms with Crippen molar-refractivity contribution < 1.29 is 9.84 Å². The van der Waals surface area contributed by atoms with E-state index in [-0.39, 0.29) is 6.04 Å². The third-order valence-electron chi connectivity index (χ3n) is 7.87. The number of aromatic nitrogens is 7. The van der Waals surface area contributed by atoms with E-state index in [2.05, 4.69) is 52.1 Å². The molecule has 38 heavy (non-hydrogen) atoms. The van der Waals surface area contributed by atoms with Gasteiger partial charge in [-0.25, -0.2) is 4.68 Å². The van der Waals surface area contributed by atoms with Crippen molar-refractivity contribution in [2.75, 3.05) is 13.2 Å². The van der Waals surface area contributed by atoms with Crippen molar-refractivity contribution in [3.63, 3.8) is 0 Å². The van der Waals surface area contributed by atoms with Crippen molar-refractivity contribution in [2.45, 2.75) is 52.2 Å². The third-order valence-corrected chi connectivity index (χ3v) is 7.87. The molecule has 9 heteroatoms. The lowest BCUT2D eigenvalue weighted by atomic mass is 9.86. The summed E-state index contributed by atoms with van der Waals surface area (Å²) in [6.45, 7) is 9.17. The number of hydrogen-bond donors (Lipinski definition) is 1. The Kier molecular flexibility index (Phi) is 5.88. The minimum absolute atomic E-state index is 0.0209. The van der Waals surface area contributed by atoms with Gasteiger partial charge in [0.15, 0.2) is 0 Å². The maximum Gasteiger partial charge on any atom is 0.118 e. The Bertz CT molecular complexity index is 1610. The van der Waals surface area contributed by atoms with E-state index in [1.807, 2.05) is 31.9 Å². The van der Waals surface area contributed by atoms with Crippen LogP contribution in [0.3, 0.4) is 0 Å². The first-order valence-corrected chi connectivity index (χ1v) is 13.3. The number of rotatable bonds is 5. The van der Waals surface area contributed by atoms with Gasteiger partial charge in [0.05, 0.1) is 28.5 Å². The largest absolute Gasteiger partial charge is 0.384 e. The average molecular weight is 514 g/mol. The monoisotopic (exact) mass is 513 g/mol. The molecule has 0 radical (unpaired) electrons. The molecule has 6 rings (SSSR count). The van der Waals surface area contributed by atoms with Crippen LogP contribution in [0.2, 0.25) is 0 Å². The number of aliphatic hydroxyl groups is 1. The lowest BCUT2D eigenvalue weighted by Gasteiger charge is -2.33. The molecule has 1 atom stereocenters. The van der Waals surface area contributed by atoms with Gasteiger partial charge in [-0.3, -0.25) is 9.67 Å². The van der Waals surface area contributed by atoms with Crippen LogP contribution in [0, 0.1) is 19.8 Å². The summed E-state index contributed by atoms with van der Waals surface area (Å²) in [5, 5.41) is 24.6. The molecule has 1 aliphatic rings. The molecule has 5 aromatic rings. The molecule has 4 aromatic heterocycles. The van der Waals surface area contributed by atoms with Gasteiger partial charge >= 0.3 is 0 Å². The zero-order valence-electron chi connectivity index (χ0n) is 22.9. The van der Waals surface area contributed by atoms with Gasteiger partial charge in [0.25, 0.3) is 0 Å². The third kappa shape index (κ3) is 3.92. The molecule has 0 saturated carbocycles. The number of hydrogen-bond acceptors (Lipinski definition) is 6. The van der Waals surface area contributed by atoms with Gasteiger partial charge in [0.1, 0.15) is 22.3 Å². The minimum atomic E-state index is -1.13. The molecule has 0 bridgehead atoms. The van der Waals surface area contributed by atoms with E-state index in [9.17, 15) is 5.11 Å². The van der Waals surface area contributed by atoms with Crippen molar-refractivity contribution in [1.82, 2.24) is 34.3 Å². The highest BCUT2D eigenvalue weighted by molar-refractivity contribution is 6.06. The van der Waals surface area contributed by atoms with Crippen LogP contribution in [0.5, 0.6) is 0 Å². The molecule has 1 N–H and O–H groups in total. The Labute approximate surface area is 222 Å². The van der Waals surface area contributed by atoms with Gasteiger partial charge in [-0.2, -0.15) is 5.10 Å². The number of fused-ring (bicyclic) bond motifs is 3. The van der Waals surface area contributed by atoms with Crippen LogP contribution in [0.4, 0.5) is 0 Å². The number of nitrogens with zero attached hydrogens (tertiary/aromatic N) is 7. The smallest absolute Gasteiger partial charge is 0.118 e. The van der Waals surface area contributed by atoms with Crippen molar-refractivity contribution in [2.24, 2.45) is 20.0 Å². The summed E-state index contributed by atoms with van der Waals surface area (Å²) < 4.78 is 11.8. The lowest BCUT2D eigenvalue weighted by molar-refractivity contribution is 0.0547. The van der Waals surface area contributed by atoms with Gasteiger partial charge in [-0.1, -0.05) is 35.0 Å². The van der Waals surface area contributed by atoms with Crippen LogP contribution in [-0.2, 0) is 24.4 Å². The zero-order valence-corrected chi connectivity index (χ0v) is 22.9. The number of ether oxygens (including phenoxy) is 1. The normalized spacial score (nSPS) is 16.1. The zero-order chi connectivity index (χ0) is 26.8. The summed E-state index contributed by atoms with van der Waals surface area (Å²) in [6, 6.07) is 11.0. The molecule has 1 fully saturated rings. The summed E-state index contributed by atoms with van der Waals surface area (Å²) in [5.41, 5.74) is 8.45. The second-order valence-electron chi connectivity index (χ2n) is 11.1. The Morgan fingerprint density at radius 2 is 1.74 bits per heavy atom. The number of benzene rings is 1. The van der Waals surface area contributed by atoms with Gasteiger partial charge in [0, 0.05) is 39.1 Å². The second-order valence-corrected chi connectivity index (χ2v) is 11.1. The molecule has 0 amide bonds. The minimum Gasteiger partial charge on any atom is -0.384 e. The summed E-state index contributed by atoms with van der Waals surface area (Å²) >= 11 is 0. The van der Waals surface area contributed by atoms with Crippen LogP contribution in [0.25, 0.3) is 33.3 Å². The van der Waals surface area contributed by atoms with Crippen molar-refractivity contribution in [3.8, 4) is 11.3 Å². The topological polar surface area (TPSA) is 95.8 Å². The van der Waals surface area contributed by atoms with Crippen LogP contribution in [0.1, 0.15) is 55.2 Å². The van der Waals surface area contributed by atoms with Crippen molar-refractivity contribution in [3.05, 3.63) is 59.0 Å². The van der Waals surface area contributed by atoms with E-state index in [4.69, 9.17) is 14.8 Å². The maximum atomic E-state index is 11.3. The summed E-state index contributed by atoms with van der Waals surface area (Å²) in [5.74, 6) is 0.351. The molecule has 198 valence electrons. The molecule has 5 heterocycles. The van der Waals surface area contributed by atoms with Gasteiger partial charge in [-0.05, 0) is 58.1 Å². The molecule has 1 aliphatic heterocycles. The van der Waals surface area contributed by atoms with Crippen LogP contribution in [0.15, 0.2) is 36.5 Å². The fraction of sp³-hybridized carbons (Fsp3) is 0.448. The van der Waals surface area contributed by atoms with Crippen molar-refractivity contribution >= 4 is 22.1 Å². The van der Waals surface area contributed by atoms with Gasteiger partial charge in [-0.15, -0.1) is 5.10 Å². The number of aryl methyl sites for hydroxylation is 4. The highest BCUT2D eigenvalue weighted by atomic mass is 16.5. The van der Waals surface area contributed by atoms with E-state index in [0.717, 1.165) is 65.1 Å². The lowest BCUT2D eigenvalue weighted by Crippen LogP contribution is -2.28. The average Bonchev–Trinajstić information content (AvgIpc) is 3.52. The predicted molar refractivity (Wildman–Crippen MR) is 147 cm³/mol. The number of pyridine rings is 1. The molecular weight excluding hydrogens is 478 g/mol. The van der Waals surface area contributed by atoms with Crippen LogP contribution >= 0.6 is 0 Å². The first kappa shape index (κ1) is 24.8.